The number of allylic oxidation sites excluding steroid dienone is 1. The Balaban J connectivity index is 1.67. The molecule has 2 aliphatic rings. The van der Waals surface area contributed by atoms with Gasteiger partial charge in [-0.15, -0.1) is 0 Å². The number of benzene rings is 1. The van der Waals surface area contributed by atoms with Gasteiger partial charge in [0.2, 0.25) is 0 Å². The monoisotopic (exact) mass is 457 g/mol. The van der Waals surface area contributed by atoms with Gasteiger partial charge in [-0.1, -0.05) is 12.2 Å². The SMILES string of the molecule is CCOC(=O)COc1ccc(C(=O)CN2C=C3C=CC(C(=N)NO)C(=O)C3C2)c(OCC)c1. The molecule has 0 spiro atoms. The lowest BCUT2D eigenvalue weighted by atomic mass is 9.83. The summed E-state index contributed by atoms with van der Waals surface area (Å²) in [7, 11) is 0. The summed E-state index contributed by atoms with van der Waals surface area (Å²) in [6, 6.07) is 4.73. The summed E-state index contributed by atoms with van der Waals surface area (Å²) in [5.74, 6) is -1.77. The molecule has 0 fully saturated rings. The zero-order chi connectivity index (χ0) is 24.0. The van der Waals surface area contributed by atoms with Crippen LogP contribution in [0.4, 0.5) is 0 Å². The molecule has 0 saturated carbocycles. The molecular weight excluding hydrogens is 430 g/mol. The van der Waals surface area contributed by atoms with E-state index < -0.39 is 17.8 Å². The second-order valence-electron chi connectivity index (χ2n) is 7.48. The van der Waals surface area contributed by atoms with E-state index in [1.54, 1.807) is 60.8 Å². The summed E-state index contributed by atoms with van der Waals surface area (Å²) < 4.78 is 15.9. The van der Waals surface area contributed by atoms with Crippen molar-refractivity contribution in [3.8, 4) is 11.5 Å². The number of nitrogens with one attached hydrogen (secondary N) is 2. The van der Waals surface area contributed by atoms with Crippen molar-refractivity contribution in [2.45, 2.75) is 13.8 Å². The van der Waals surface area contributed by atoms with E-state index in [1.807, 2.05) is 0 Å². The Morgan fingerprint density at radius 3 is 2.73 bits per heavy atom. The Morgan fingerprint density at radius 2 is 2.03 bits per heavy atom. The van der Waals surface area contributed by atoms with Crippen molar-refractivity contribution in [3.05, 3.63) is 47.7 Å². The molecule has 33 heavy (non-hydrogen) atoms. The van der Waals surface area contributed by atoms with Crippen LogP contribution in [0.3, 0.4) is 0 Å². The van der Waals surface area contributed by atoms with Crippen LogP contribution in [0.5, 0.6) is 11.5 Å². The van der Waals surface area contributed by atoms with E-state index in [0.29, 0.717) is 30.2 Å². The number of carbonyl (C=O) groups is 3. The molecule has 1 aliphatic carbocycles. The van der Waals surface area contributed by atoms with Crippen LogP contribution >= 0.6 is 0 Å². The Bertz CT molecular complexity index is 1000. The van der Waals surface area contributed by atoms with Gasteiger partial charge in [0, 0.05) is 18.8 Å². The maximum Gasteiger partial charge on any atom is 0.344 e. The van der Waals surface area contributed by atoms with Crippen LogP contribution in [0.15, 0.2) is 42.1 Å². The molecule has 1 aromatic rings. The highest BCUT2D eigenvalue weighted by atomic mass is 16.6. The van der Waals surface area contributed by atoms with E-state index in [1.165, 1.54) is 0 Å². The minimum Gasteiger partial charge on any atom is -0.493 e. The van der Waals surface area contributed by atoms with Crippen LogP contribution in [0.25, 0.3) is 0 Å². The van der Waals surface area contributed by atoms with Crippen molar-refractivity contribution in [1.82, 2.24) is 10.4 Å². The number of nitrogens with zero attached hydrogens (tertiary/aromatic N) is 1. The highest BCUT2D eigenvalue weighted by molar-refractivity contribution is 6.07. The molecule has 0 amide bonds. The van der Waals surface area contributed by atoms with Crippen molar-refractivity contribution in [2.24, 2.45) is 11.8 Å². The summed E-state index contributed by atoms with van der Waals surface area (Å²) in [4.78, 5) is 38.9. The maximum absolute atomic E-state index is 13.0. The fraction of sp³-hybridized carbons (Fsp3) is 0.391. The topological polar surface area (TPSA) is 138 Å². The van der Waals surface area contributed by atoms with E-state index in [4.69, 9.17) is 24.8 Å². The lowest BCUT2D eigenvalue weighted by Gasteiger charge is -2.23. The Kier molecular flexibility index (Phi) is 7.83. The Hall–Kier alpha value is -3.66. The number of ether oxygens (including phenoxy) is 3. The third kappa shape index (κ3) is 5.58. The Morgan fingerprint density at radius 1 is 1.24 bits per heavy atom. The molecule has 2 unspecified atom stereocenters. The van der Waals surface area contributed by atoms with E-state index >= 15 is 0 Å². The van der Waals surface area contributed by atoms with Gasteiger partial charge in [0.1, 0.15) is 17.3 Å². The molecule has 10 heteroatoms. The van der Waals surface area contributed by atoms with E-state index in [0.717, 1.165) is 5.57 Å². The van der Waals surface area contributed by atoms with Crippen LogP contribution < -0.4 is 15.0 Å². The smallest absolute Gasteiger partial charge is 0.344 e. The van der Waals surface area contributed by atoms with Gasteiger partial charge in [-0.3, -0.25) is 25.7 Å². The van der Waals surface area contributed by atoms with Crippen molar-refractivity contribution >= 4 is 23.4 Å². The molecule has 3 rings (SSSR count). The number of hydrogen-bond donors (Lipinski definition) is 3. The van der Waals surface area contributed by atoms with Crippen molar-refractivity contribution in [2.75, 3.05) is 32.9 Å². The van der Waals surface area contributed by atoms with Gasteiger partial charge in [0.05, 0.1) is 37.2 Å². The molecule has 0 radical (unpaired) electrons. The van der Waals surface area contributed by atoms with Gasteiger partial charge in [-0.05, 0) is 31.6 Å². The lowest BCUT2D eigenvalue weighted by Crippen LogP contribution is -2.39. The molecule has 3 N–H and O–H groups in total. The molecule has 176 valence electrons. The van der Waals surface area contributed by atoms with Gasteiger partial charge < -0.3 is 19.1 Å². The van der Waals surface area contributed by atoms with Gasteiger partial charge >= 0.3 is 5.97 Å². The largest absolute Gasteiger partial charge is 0.493 e. The van der Waals surface area contributed by atoms with Crippen molar-refractivity contribution in [1.29, 1.82) is 5.41 Å². The van der Waals surface area contributed by atoms with Gasteiger partial charge in [0.15, 0.2) is 18.2 Å². The fourth-order valence-electron chi connectivity index (χ4n) is 3.76. The van der Waals surface area contributed by atoms with Crippen LogP contribution in [-0.2, 0) is 14.3 Å². The third-order valence-electron chi connectivity index (χ3n) is 5.28. The predicted molar refractivity (Wildman–Crippen MR) is 118 cm³/mol. The second kappa shape index (κ2) is 10.8. The molecule has 1 aliphatic heterocycles. The molecule has 10 nitrogen and oxygen atoms in total. The lowest BCUT2D eigenvalue weighted by molar-refractivity contribution is -0.145. The number of rotatable bonds is 10. The average molecular weight is 457 g/mol. The minimum atomic E-state index is -0.834. The molecule has 0 saturated heterocycles. The van der Waals surface area contributed by atoms with Gasteiger partial charge in [-0.2, -0.15) is 0 Å². The first-order valence-electron chi connectivity index (χ1n) is 10.6. The summed E-state index contributed by atoms with van der Waals surface area (Å²) in [5, 5.41) is 16.6. The highest BCUT2D eigenvalue weighted by Crippen LogP contribution is 2.32. The molecule has 0 bridgehead atoms. The van der Waals surface area contributed by atoms with Gasteiger partial charge in [-0.25, -0.2) is 4.79 Å². The van der Waals surface area contributed by atoms with Crippen molar-refractivity contribution < 1.29 is 33.8 Å². The Labute approximate surface area is 191 Å². The first-order chi connectivity index (χ1) is 15.9. The second-order valence-corrected chi connectivity index (χ2v) is 7.48. The summed E-state index contributed by atoms with van der Waals surface area (Å²) in [6.45, 7) is 4.19. The maximum atomic E-state index is 13.0. The number of amidine groups is 1. The highest BCUT2D eigenvalue weighted by Gasteiger charge is 2.38. The molecule has 0 aromatic heterocycles. The van der Waals surface area contributed by atoms with Crippen molar-refractivity contribution in [3.63, 3.8) is 0 Å². The zero-order valence-electron chi connectivity index (χ0n) is 18.5. The quantitative estimate of drug-likeness (QED) is 0.158. The minimum absolute atomic E-state index is 0.0323. The number of carbonyl (C=O) groups excluding carboxylic acids is 3. The zero-order valence-corrected chi connectivity index (χ0v) is 18.5. The number of hydrogen-bond acceptors (Lipinski definition) is 9. The normalized spacial score (nSPS) is 18.9. The van der Waals surface area contributed by atoms with E-state index in [2.05, 4.69) is 0 Å². The first kappa shape index (κ1) is 24.0. The van der Waals surface area contributed by atoms with Crippen LogP contribution in [0, 0.1) is 17.2 Å². The average Bonchev–Trinajstić information content (AvgIpc) is 3.21. The van der Waals surface area contributed by atoms with Crippen LogP contribution in [0.1, 0.15) is 24.2 Å². The van der Waals surface area contributed by atoms with Crippen LogP contribution in [0.2, 0.25) is 0 Å². The molecular formula is C23H27N3O7. The summed E-state index contributed by atoms with van der Waals surface area (Å²) in [5.41, 5.74) is 2.86. The number of ketones is 2. The number of Topliss-reactive ketones (excluding diaryl/α,β-unsaturated/α-hetero) is 2. The van der Waals surface area contributed by atoms with Crippen LogP contribution in [-0.4, -0.2) is 66.4 Å². The summed E-state index contributed by atoms with van der Waals surface area (Å²) >= 11 is 0. The first-order valence-corrected chi connectivity index (χ1v) is 10.6. The number of fused-ring (bicyclic) bond motifs is 1. The predicted octanol–water partition coefficient (Wildman–Crippen LogP) is 1.74. The third-order valence-corrected chi connectivity index (χ3v) is 5.28. The molecule has 1 heterocycles. The molecule has 2 atom stereocenters. The summed E-state index contributed by atoms with van der Waals surface area (Å²) in [6.07, 6.45) is 5.07. The van der Waals surface area contributed by atoms with E-state index in [-0.39, 0.29) is 37.2 Å². The van der Waals surface area contributed by atoms with E-state index in [9.17, 15) is 14.4 Å². The number of esters is 1. The number of hydroxylamine groups is 1. The van der Waals surface area contributed by atoms with Gasteiger partial charge in [0.25, 0.3) is 0 Å². The molecule has 1 aromatic carbocycles. The standard InChI is InChI=1S/C23H27N3O7/c1-3-31-20-9-15(33-13-21(28)32-4-2)6-8-16(20)19(27)12-26-10-14-5-7-17(23(24)25-30)22(29)18(14)11-26/h5-10,17-18,30H,3-4,11-13H2,1-2H3,(H2,24,25). The fourth-order valence-corrected chi connectivity index (χ4v) is 3.76.